The largest absolute Gasteiger partial charge is 0.146 e. The Morgan fingerprint density at radius 2 is 1.28 bits per heavy atom. The first-order valence-corrected chi connectivity index (χ1v) is 8.81. The molecular weight excluding hydrogens is 215 g/mol. The number of rotatable bonds is 5. The molecule has 0 aromatic heterocycles. The molecule has 0 spiro atoms. The summed E-state index contributed by atoms with van der Waals surface area (Å²) in [6, 6.07) is 0. The third-order valence-corrected chi connectivity index (χ3v) is 5.88. The van der Waals surface area contributed by atoms with Crippen LogP contribution in [0.15, 0.2) is 0 Å². The van der Waals surface area contributed by atoms with Crippen molar-refractivity contribution >= 4 is 6.71 Å². The second-order valence-electron chi connectivity index (χ2n) is 7.21. The Morgan fingerprint density at radius 3 is 1.67 bits per heavy atom. The molecule has 0 heterocycles. The van der Waals surface area contributed by atoms with Crippen LogP contribution < -0.4 is 0 Å². The van der Waals surface area contributed by atoms with Crippen molar-refractivity contribution in [3.05, 3.63) is 0 Å². The van der Waals surface area contributed by atoms with Gasteiger partial charge in [-0.25, -0.2) is 0 Å². The van der Waals surface area contributed by atoms with Crippen molar-refractivity contribution in [2.75, 3.05) is 0 Å². The topological polar surface area (TPSA) is 0 Å². The molecule has 0 saturated heterocycles. The first-order valence-electron chi connectivity index (χ1n) is 8.81. The van der Waals surface area contributed by atoms with Crippen molar-refractivity contribution in [3.63, 3.8) is 0 Å². The van der Waals surface area contributed by atoms with E-state index in [1.807, 2.05) is 0 Å². The fraction of sp³-hybridized carbons (Fsp3) is 1.00. The van der Waals surface area contributed by atoms with E-state index in [9.17, 15) is 0 Å². The van der Waals surface area contributed by atoms with E-state index in [1.54, 1.807) is 25.7 Å². The molecule has 2 saturated carbocycles. The molecule has 0 aliphatic heterocycles. The highest BCUT2D eigenvalue weighted by molar-refractivity contribution is 6.62. The number of hydrogen-bond acceptors (Lipinski definition) is 0. The molecular formula is C17H33B. The minimum atomic E-state index is 0.957. The van der Waals surface area contributed by atoms with Crippen molar-refractivity contribution < 1.29 is 0 Å². The molecule has 0 aromatic carbocycles. The van der Waals surface area contributed by atoms with E-state index in [2.05, 4.69) is 13.8 Å². The maximum absolute atomic E-state index is 2.48. The summed E-state index contributed by atoms with van der Waals surface area (Å²) in [5.41, 5.74) is 0. The first-order chi connectivity index (χ1) is 8.81. The molecule has 18 heavy (non-hydrogen) atoms. The van der Waals surface area contributed by atoms with Gasteiger partial charge in [0.1, 0.15) is 6.71 Å². The second kappa shape index (κ2) is 7.60. The molecule has 0 radical (unpaired) electrons. The zero-order valence-electron chi connectivity index (χ0n) is 12.8. The highest BCUT2D eigenvalue weighted by atomic mass is 14.2. The van der Waals surface area contributed by atoms with Gasteiger partial charge in [-0.1, -0.05) is 108 Å². The summed E-state index contributed by atoms with van der Waals surface area (Å²) < 4.78 is 0. The Balaban J connectivity index is 1.95. The second-order valence-corrected chi connectivity index (χ2v) is 7.21. The van der Waals surface area contributed by atoms with Gasteiger partial charge in [0, 0.05) is 0 Å². The van der Waals surface area contributed by atoms with Crippen molar-refractivity contribution in [1.29, 1.82) is 0 Å². The molecule has 1 heteroatoms. The minimum absolute atomic E-state index is 0.957. The van der Waals surface area contributed by atoms with Gasteiger partial charge in [-0.2, -0.15) is 0 Å². The smallest absolute Gasteiger partial charge is 0.0711 e. The molecule has 0 bridgehead atoms. The molecule has 104 valence electrons. The average Bonchev–Trinajstić information content (AvgIpc) is 2.46. The van der Waals surface area contributed by atoms with Crippen LogP contribution in [0.2, 0.25) is 18.0 Å². The van der Waals surface area contributed by atoms with Crippen molar-refractivity contribution in [2.24, 2.45) is 5.92 Å². The average molecular weight is 248 g/mol. The predicted molar refractivity (Wildman–Crippen MR) is 83.7 cm³/mol. The number of hydrogen-bond donors (Lipinski definition) is 0. The van der Waals surface area contributed by atoms with Crippen LogP contribution in [0.5, 0.6) is 0 Å². The van der Waals surface area contributed by atoms with Crippen LogP contribution in [-0.2, 0) is 0 Å². The summed E-state index contributed by atoms with van der Waals surface area (Å²) in [6.07, 6.45) is 18.2. The molecule has 0 nitrogen and oxygen atoms in total. The van der Waals surface area contributed by atoms with Crippen LogP contribution in [0.25, 0.3) is 0 Å². The highest BCUT2D eigenvalue weighted by Gasteiger charge is 2.34. The van der Waals surface area contributed by atoms with Crippen LogP contribution in [-0.4, -0.2) is 6.71 Å². The van der Waals surface area contributed by atoms with Crippen molar-refractivity contribution in [2.45, 2.75) is 102 Å². The van der Waals surface area contributed by atoms with E-state index in [0.717, 1.165) is 24.3 Å². The molecule has 1 unspecified atom stereocenters. The van der Waals surface area contributed by atoms with Crippen LogP contribution in [0.1, 0.15) is 84.5 Å². The molecule has 0 N–H and O–H groups in total. The molecule has 2 aliphatic carbocycles. The fourth-order valence-electron chi connectivity index (χ4n) is 4.53. The van der Waals surface area contributed by atoms with Gasteiger partial charge in [-0.15, -0.1) is 0 Å². The monoisotopic (exact) mass is 248 g/mol. The molecule has 0 amide bonds. The Bertz CT molecular complexity index is 196. The Morgan fingerprint density at radius 1 is 0.833 bits per heavy atom. The lowest BCUT2D eigenvalue weighted by Gasteiger charge is -2.37. The van der Waals surface area contributed by atoms with Gasteiger partial charge >= 0.3 is 0 Å². The normalized spacial score (nSPS) is 25.0. The van der Waals surface area contributed by atoms with Crippen LogP contribution in [0.3, 0.4) is 0 Å². The standard InChI is InChI=1S/C17H33B/c1-3-15(2)14-18(16-10-6-4-7-11-16)17-12-8-5-9-13-17/h15-17H,3-14H2,1-2H3. The van der Waals surface area contributed by atoms with Gasteiger partial charge in [0.05, 0.1) is 0 Å². The summed E-state index contributed by atoms with van der Waals surface area (Å²) in [7, 11) is 0. The third kappa shape index (κ3) is 4.03. The highest BCUT2D eigenvalue weighted by Crippen LogP contribution is 2.44. The fourth-order valence-corrected chi connectivity index (χ4v) is 4.53. The summed E-state index contributed by atoms with van der Waals surface area (Å²) in [4.78, 5) is 0. The van der Waals surface area contributed by atoms with E-state index in [-0.39, 0.29) is 0 Å². The Kier molecular flexibility index (Phi) is 6.11. The van der Waals surface area contributed by atoms with Crippen LogP contribution >= 0.6 is 0 Å². The van der Waals surface area contributed by atoms with Gasteiger partial charge in [-0.05, 0) is 0 Å². The summed E-state index contributed by atoms with van der Waals surface area (Å²) in [5, 5.41) is 0. The first kappa shape index (κ1) is 14.5. The zero-order valence-corrected chi connectivity index (χ0v) is 12.8. The van der Waals surface area contributed by atoms with E-state index in [0.29, 0.717) is 0 Å². The van der Waals surface area contributed by atoms with E-state index < -0.39 is 0 Å². The quantitative estimate of drug-likeness (QED) is 0.508. The van der Waals surface area contributed by atoms with Gasteiger partial charge in [0.2, 0.25) is 0 Å². The molecule has 0 aromatic rings. The summed E-state index contributed by atoms with van der Waals surface area (Å²) >= 11 is 0. The van der Waals surface area contributed by atoms with E-state index >= 15 is 0 Å². The molecule has 2 rings (SSSR count). The SMILES string of the molecule is CCC(C)CB(C1CCCCC1)C1CCCCC1. The minimum Gasteiger partial charge on any atom is -0.0711 e. The third-order valence-electron chi connectivity index (χ3n) is 5.88. The Hall–Kier alpha value is 0.0649. The maximum atomic E-state index is 2.48. The lowest BCUT2D eigenvalue weighted by atomic mass is 9.28. The summed E-state index contributed by atoms with van der Waals surface area (Å²) in [5.74, 6) is 3.14. The zero-order chi connectivity index (χ0) is 12.8. The van der Waals surface area contributed by atoms with Gasteiger partial charge in [0.25, 0.3) is 0 Å². The molecule has 2 fully saturated rings. The van der Waals surface area contributed by atoms with Gasteiger partial charge < -0.3 is 0 Å². The van der Waals surface area contributed by atoms with Crippen molar-refractivity contribution in [1.82, 2.24) is 0 Å². The summed E-state index contributed by atoms with van der Waals surface area (Å²) in [6.45, 7) is 5.95. The lowest BCUT2D eigenvalue weighted by Crippen LogP contribution is -2.31. The van der Waals surface area contributed by atoms with Gasteiger partial charge in [0.15, 0.2) is 0 Å². The maximum Gasteiger partial charge on any atom is 0.146 e. The predicted octanol–water partition coefficient (Wildman–Crippen LogP) is 6.20. The van der Waals surface area contributed by atoms with Crippen LogP contribution in [0.4, 0.5) is 0 Å². The molecule has 2 aliphatic rings. The molecule has 1 atom stereocenters. The van der Waals surface area contributed by atoms with Crippen LogP contribution in [0, 0.1) is 5.92 Å². The van der Waals surface area contributed by atoms with Gasteiger partial charge in [-0.3, -0.25) is 0 Å². The van der Waals surface area contributed by atoms with E-state index in [1.165, 1.54) is 51.3 Å². The Labute approximate surface area is 115 Å². The lowest BCUT2D eigenvalue weighted by molar-refractivity contribution is 0.453. The van der Waals surface area contributed by atoms with E-state index in [4.69, 9.17) is 0 Å². The van der Waals surface area contributed by atoms with Crippen molar-refractivity contribution in [3.8, 4) is 0 Å².